The summed E-state index contributed by atoms with van der Waals surface area (Å²) in [6.07, 6.45) is 0. The van der Waals surface area contributed by atoms with E-state index >= 15 is 0 Å². The van der Waals surface area contributed by atoms with E-state index in [2.05, 4.69) is 25.6 Å². The Morgan fingerprint density at radius 3 is 2.24 bits per heavy atom. The fourth-order valence-electron chi connectivity index (χ4n) is 3.62. The van der Waals surface area contributed by atoms with Gasteiger partial charge in [0.2, 0.25) is 0 Å². The molecule has 3 aromatic carbocycles. The molecule has 4 rings (SSSR count). The highest BCUT2D eigenvalue weighted by Gasteiger charge is 2.23. The molecule has 0 saturated carbocycles. The normalized spacial score (nSPS) is 13.6. The van der Waals surface area contributed by atoms with Gasteiger partial charge in [0.1, 0.15) is 5.82 Å². The van der Waals surface area contributed by atoms with Crippen molar-refractivity contribution in [2.75, 3.05) is 31.1 Å². The molecule has 0 bridgehead atoms. The topological polar surface area (TPSA) is 52.7 Å². The number of hydrogen-bond donors (Lipinski definition) is 1. The second-order valence-corrected chi connectivity index (χ2v) is 9.30. The molecule has 0 aliphatic carbocycles. The van der Waals surface area contributed by atoms with Crippen molar-refractivity contribution in [1.82, 2.24) is 9.62 Å². The van der Waals surface area contributed by atoms with Crippen LogP contribution in [-0.2, 0) is 5.75 Å². The maximum atomic E-state index is 13.8. The molecule has 0 aromatic heterocycles. The van der Waals surface area contributed by atoms with Crippen molar-refractivity contribution >= 4 is 45.4 Å². The summed E-state index contributed by atoms with van der Waals surface area (Å²) in [6.45, 7) is 2.44. The fourth-order valence-corrected chi connectivity index (χ4v) is 4.55. The van der Waals surface area contributed by atoms with Gasteiger partial charge in [-0.1, -0.05) is 30.3 Å². The monoisotopic (exact) mass is 527 g/mol. The van der Waals surface area contributed by atoms with Crippen molar-refractivity contribution in [3.63, 3.8) is 0 Å². The first-order chi connectivity index (χ1) is 16.0. The number of amides is 2. The number of carbonyl (C=O) groups excluding carboxylic acids is 2. The van der Waals surface area contributed by atoms with Gasteiger partial charge in [-0.2, -0.15) is 0 Å². The third-order valence-electron chi connectivity index (χ3n) is 5.47. The molecule has 3 aromatic rings. The summed E-state index contributed by atoms with van der Waals surface area (Å²) < 4.78 is 17.0. The van der Waals surface area contributed by atoms with Gasteiger partial charge in [0.15, 0.2) is 0 Å². The third kappa shape index (κ3) is 5.94. The molecule has 1 saturated heterocycles. The molecule has 33 heavy (non-hydrogen) atoms. The van der Waals surface area contributed by atoms with E-state index in [-0.39, 0.29) is 11.8 Å². The quantitative estimate of drug-likeness (QED) is 0.451. The molecule has 8 heteroatoms. The Morgan fingerprint density at radius 2 is 1.58 bits per heavy atom. The predicted molar refractivity (Wildman–Crippen MR) is 134 cm³/mol. The van der Waals surface area contributed by atoms with Crippen molar-refractivity contribution < 1.29 is 14.0 Å². The first-order valence-electron chi connectivity index (χ1n) is 10.6. The summed E-state index contributed by atoms with van der Waals surface area (Å²) in [7, 11) is 0. The van der Waals surface area contributed by atoms with E-state index in [0.29, 0.717) is 47.5 Å². The van der Waals surface area contributed by atoms with E-state index in [1.54, 1.807) is 17.0 Å². The van der Waals surface area contributed by atoms with Gasteiger partial charge in [0.25, 0.3) is 11.8 Å². The van der Waals surface area contributed by atoms with Crippen molar-refractivity contribution in [1.29, 1.82) is 0 Å². The van der Waals surface area contributed by atoms with E-state index in [9.17, 15) is 14.0 Å². The lowest BCUT2D eigenvalue weighted by molar-refractivity contribution is 0.0746. The molecular weight excluding hydrogens is 505 g/mol. The molecule has 1 fully saturated rings. The molecule has 1 aliphatic rings. The minimum absolute atomic E-state index is 0.125. The van der Waals surface area contributed by atoms with Gasteiger partial charge in [0.05, 0.1) is 4.47 Å². The average molecular weight is 528 g/mol. The van der Waals surface area contributed by atoms with Crippen LogP contribution >= 0.6 is 27.9 Å². The molecule has 0 atom stereocenters. The number of nitrogens with zero attached hydrogens (tertiary/aromatic N) is 2. The van der Waals surface area contributed by atoms with E-state index in [0.717, 1.165) is 11.3 Å². The van der Waals surface area contributed by atoms with Gasteiger partial charge >= 0.3 is 0 Å². The highest BCUT2D eigenvalue weighted by atomic mass is 79.9. The minimum Gasteiger partial charge on any atom is -0.368 e. The SMILES string of the molecule is O=C(NSCc1ccccc1)c1ccc(N2CCN(C(=O)c3ccc(Br)c(F)c3)CC2)cc1. The molecule has 1 aliphatic heterocycles. The smallest absolute Gasteiger partial charge is 0.261 e. The number of halogens is 2. The maximum Gasteiger partial charge on any atom is 0.261 e. The van der Waals surface area contributed by atoms with Crippen molar-refractivity contribution in [2.24, 2.45) is 0 Å². The van der Waals surface area contributed by atoms with Crippen molar-refractivity contribution in [3.05, 3.63) is 99.8 Å². The largest absolute Gasteiger partial charge is 0.368 e. The molecule has 2 amide bonds. The number of nitrogens with one attached hydrogen (secondary N) is 1. The lowest BCUT2D eigenvalue weighted by atomic mass is 10.1. The molecule has 0 radical (unpaired) electrons. The van der Waals surface area contributed by atoms with Crippen LogP contribution in [0.25, 0.3) is 0 Å². The number of carbonyl (C=O) groups is 2. The molecular formula is C25H23BrFN3O2S. The van der Waals surface area contributed by atoms with Gasteiger partial charge < -0.3 is 9.80 Å². The number of rotatable bonds is 6. The van der Waals surface area contributed by atoms with E-state index in [1.165, 1.54) is 18.0 Å². The first kappa shape index (κ1) is 23.3. The highest BCUT2D eigenvalue weighted by Crippen LogP contribution is 2.21. The van der Waals surface area contributed by atoms with Gasteiger partial charge in [0, 0.05) is 48.7 Å². The average Bonchev–Trinajstić information content (AvgIpc) is 2.86. The highest BCUT2D eigenvalue weighted by molar-refractivity contribution is 9.10. The fraction of sp³-hybridized carbons (Fsp3) is 0.200. The zero-order valence-corrected chi connectivity index (χ0v) is 20.2. The first-order valence-corrected chi connectivity index (χ1v) is 12.3. The molecule has 1 N–H and O–H groups in total. The van der Waals surface area contributed by atoms with E-state index < -0.39 is 5.82 Å². The lowest BCUT2D eigenvalue weighted by Crippen LogP contribution is -2.48. The van der Waals surface area contributed by atoms with Gasteiger partial charge in [-0.05, 0) is 75.9 Å². The van der Waals surface area contributed by atoms with E-state index in [1.807, 2.05) is 54.6 Å². The van der Waals surface area contributed by atoms with Crippen LogP contribution < -0.4 is 9.62 Å². The molecule has 0 unspecified atom stereocenters. The number of piperazine rings is 1. The van der Waals surface area contributed by atoms with E-state index in [4.69, 9.17) is 0 Å². The Kier molecular flexibility index (Phi) is 7.67. The Labute approximate surface area is 205 Å². The van der Waals surface area contributed by atoms with Gasteiger partial charge in [-0.3, -0.25) is 14.3 Å². The van der Waals surface area contributed by atoms with Crippen LogP contribution in [-0.4, -0.2) is 42.9 Å². The van der Waals surface area contributed by atoms with Crippen LogP contribution in [0.15, 0.2) is 77.3 Å². The Bertz CT molecular complexity index is 1120. The lowest BCUT2D eigenvalue weighted by Gasteiger charge is -2.36. The summed E-state index contributed by atoms with van der Waals surface area (Å²) in [5.41, 5.74) is 3.11. The Hall–Kier alpha value is -2.84. The van der Waals surface area contributed by atoms with Crippen LogP contribution in [0.4, 0.5) is 10.1 Å². The molecule has 0 spiro atoms. The van der Waals surface area contributed by atoms with Crippen LogP contribution in [0.2, 0.25) is 0 Å². The van der Waals surface area contributed by atoms with Crippen LogP contribution in [0.3, 0.4) is 0 Å². The van der Waals surface area contributed by atoms with Crippen LogP contribution in [0, 0.1) is 5.82 Å². The predicted octanol–water partition coefficient (Wildman–Crippen LogP) is 5.13. The van der Waals surface area contributed by atoms with Gasteiger partial charge in [-0.25, -0.2) is 4.39 Å². The summed E-state index contributed by atoms with van der Waals surface area (Å²) in [5.74, 6) is -0.0247. The van der Waals surface area contributed by atoms with Crippen LogP contribution in [0.1, 0.15) is 26.3 Å². The minimum atomic E-state index is -0.443. The zero-order valence-electron chi connectivity index (χ0n) is 17.8. The Balaban J connectivity index is 1.27. The number of hydrogen-bond acceptors (Lipinski definition) is 4. The number of benzene rings is 3. The zero-order chi connectivity index (χ0) is 23.2. The summed E-state index contributed by atoms with van der Waals surface area (Å²) in [5, 5.41) is 0. The third-order valence-corrected chi connectivity index (χ3v) is 6.93. The summed E-state index contributed by atoms with van der Waals surface area (Å²) >= 11 is 4.48. The molecule has 1 heterocycles. The Morgan fingerprint density at radius 1 is 0.909 bits per heavy atom. The second-order valence-electron chi connectivity index (χ2n) is 7.66. The van der Waals surface area contributed by atoms with Crippen molar-refractivity contribution in [2.45, 2.75) is 5.75 Å². The van der Waals surface area contributed by atoms with Gasteiger partial charge in [-0.15, -0.1) is 0 Å². The maximum absolute atomic E-state index is 13.8. The molecule has 170 valence electrons. The van der Waals surface area contributed by atoms with Crippen molar-refractivity contribution in [3.8, 4) is 0 Å². The molecule has 5 nitrogen and oxygen atoms in total. The van der Waals surface area contributed by atoms with Crippen LogP contribution in [0.5, 0.6) is 0 Å². The standard InChI is InChI=1S/C25H23BrFN3O2S/c26-22-11-8-20(16-23(22)27)25(32)30-14-12-29(13-15-30)21-9-6-19(7-10-21)24(31)28-33-17-18-4-2-1-3-5-18/h1-11,16H,12-15,17H2,(H,28,31). The summed E-state index contributed by atoms with van der Waals surface area (Å²) in [4.78, 5) is 29.0. The second kappa shape index (κ2) is 10.9. The summed E-state index contributed by atoms with van der Waals surface area (Å²) in [6, 6.07) is 21.9. The number of anilines is 1.